The standard InChI is InChI=1S/C12H16O2/c1-2-3-10(14)12-7-4-5-8(12)11(12)9(13)6-7/h2,7-8,10-11,14H,1,3-6H2/t7-,8+,10?,11+,12+/m1/s1. The number of rotatable bonds is 3. The zero-order valence-corrected chi connectivity index (χ0v) is 8.28. The van der Waals surface area contributed by atoms with Crippen molar-refractivity contribution >= 4 is 5.78 Å². The van der Waals surface area contributed by atoms with Crippen molar-refractivity contribution in [1.29, 1.82) is 0 Å². The normalized spacial score (nSPS) is 50.4. The van der Waals surface area contributed by atoms with Gasteiger partial charge in [-0.3, -0.25) is 4.79 Å². The minimum Gasteiger partial charge on any atom is -0.392 e. The molecule has 2 nitrogen and oxygen atoms in total. The van der Waals surface area contributed by atoms with E-state index in [2.05, 4.69) is 6.58 Å². The van der Waals surface area contributed by atoms with Gasteiger partial charge in [-0.05, 0) is 31.1 Å². The number of fused-ring (bicyclic) bond motifs is 1. The second-order valence-electron chi connectivity index (χ2n) is 5.07. The highest BCUT2D eigenvalue weighted by atomic mass is 16.3. The molecule has 14 heavy (non-hydrogen) atoms. The van der Waals surface area contributed by atoms with E-state index < -0.39 is 0 Å². The van der Waals surface area contributed by atoms with Crippen LogP contribution in [0.1, 0.15) is 25.7 Å². The molecule has 0 amide bonds. The number of carbonyl (C=O) groups is 1. The molecular weight excluding hydrogens is 176 g/mol. The number of ketones is 1. The van der Waals surface area contributed by atoms with Gasteiger partial charge < -0.3 is 5.11 Å². The van der Waals surface area contributed by atoms with Gasteiger partial charge in [0.15, 0.2) is 0 Å². The van der Waals surface area contributed by atoms with Crippen molar-refractivity contribution in [3.05, 3.63) is 12.7 Å². The Morgan fingerprint density at radius 2 is 2.43 bits per heavy atom. The van der Waals surface area contributed by atoms with Gasteiger partial charge in [-0.15, -0.1) is 6.58 Å². The summed E-state index contributed by atoms with van der Waals surface area (Å²) in [4.78, 5) is 11.7. The monoisotopic (exact) mass is 192 g/mol. The molecule has 3 rings (SSSR count). The van der Waals surface area contributed by atoms with Gasteiger partial charge in [0.2, 0.25) is 0 Å². The van der Waals surface area contributed by atoms with E-state index in [1.165, 1.54) is 0 Å². The molecule has 3 aliphatic carbocycles. The van der Waals surface area contributed by atoms with Gasteiger partial charge in [-0.2, -0.15) is 0 Å². The molecule has 0 bridgehead atoms. The molecule has 3 fully saturated rings. The summed E-state index contributed by atoms with van der Waals surface area (Å²) in [5, 5.41) is 10.1. The Labute approximate surface area is 84.0 Å². The summed E-state index contributed by atoms with van der Waals surface area (Å²) in [7, 11) is 0. The summed E-state index contributed by atoms with van der Waals surface area (Å²) < 4.78 is 0. The van der Waals surface area contributed by atoms with Crippen molar-refractivity contribution in [2.45, 2.75) is 31.8 Å². The van der Waals surface area contributed by atoms with Crippen LogP contribution in [0.4, 0.5) is 0 Å². The molecule has 2 heteroatoms. The maximum atomic E-state index is 11.7. The molecule has 0 saturated heterocycles. The van der Waals surface area contributed by atoms with Crippen LogP contribution >= 0.6 is 0 Å². The van der Waals surface area contributed by atoms with Crippen LogP contribution in [-0.2, 0) is 4.79 Å². The molecular formula is C12H16O2. The third kappa shape index (κ3) is 0.714. The van der Waals surface area contributed by atoms with E-state index in [0.29, 0.717) is 24.0 Å². The summed E-state index contributed by atoms with van der Waals surface area (Å²) in [5.41, 5.74) is 0.00523. The molecule has 3 aliphatic rings. The van der Waals surface area contributed by atoms with E-state index in [-0.39, 0.29) is 17.4 Å². The van der Waals surface area contributed by atoms with Crippen LogP contribution in [0.15, 0.2) is 12.7 Å². The van der Waals surface area contributed by atoms with Crippen molar-refractivity contribution in [3.8, 4) is 0 Å². The Balaban J connectivity index is 1.92. The quantitative estimate of drug-likeness (QED) is 0.689. The summed E-state index contributed by atoms with van der Waals surface area (Å²) in [6, 6.07) is 0. The van der Waals surface area contributed by atoms with Crippen LogP contribution in [0.3, 0.4) is 0 Å². The van der Waals surface area contributed by atoms with Crippen molar-refractivity contribution in [2.24, 2.45) is 23.2 Å². The van der Waals surface area contributed by atoms with E-state index in [9.17, 15) is 9.90 Å². The van der Waals surface area contributed by atoms with Gasteiger partial charge in [-0.25, -0.2) is 0 Å². The highest BCUT2D eigenvalue weighted by Gasteiger charge is 2.79. The summed E-state index contributed by atoms with van der Waals surface area (Å²) in [5.74, 6) is 1.64. The first kappa shape index (κ1) is 8.66. The van der Waals surface area contributed by atoms with E-state index in [1.54, 1.807) is 6.08 Å². The molecule has 76 valence electrons. The minimum absolute atomic E-state index is 0.00523. The van der Waals surface area contributed by atoms with Gasteiger partial charge in [-0.1, -0.05) is 6.08 Å². The zero-order valence-electron chi connectivity index (χ0n) is 8.28. The fourth-order valence-electron chi connectivity index (χ4n) is 4.35. The van der Waals surface area contributed by atoms with E-state index in [0.717, 1.165) is 19.3 Å². The lowest BCUT2D eigenvalue weighted by Crippen LogP contribution is -2.27. The third-order valence-corrected chi connectivity index (χ3v) is 4.77. The second-order valence-corrected chi connectivity index (χ2v) is 5.07. The van der Waals surface area contributed by atoms with Crippen LogP contribution in [0.2, 0.25) is 0 Å². The number of Topliss-reactive ketones (excluding diaryl/α,β-unsaturated/α-hetero) is 1. The highest BCUT2D eigenvalue weighted by molar-refractivity contribution is 5.90. The summed E-state index contributed by atoms with van der Waals surface area (Å²) >= 11 is 0. The zero-order chi connectivity index (χ0) is 9.92. The third-order valence-electron chi connectivity index (χ3n) is 4.77. The lowest BCUT2D eigenvalue weighted by atomic mass is 9.85. The Morgan fingerprint density at radius 1 is 1.64 bits per heavy atom. The average molecular weight is 192 g/mol. The van der Waals surface area contributed by atoms with Crippen LogP contribution < -0.4 is 0 Å². The fraction of sp³-hybridized carbons (Fsp3) is 0.750. The maximum absolute atomic E-state index is 11.7. The van der Waals surface area contributed by atoms with Crippen LogP contribution in [0, 0.1) is 23.2 Å². The van der Waals surface area contributed by atoms with Gasteiger partial charge in [0.1, 0.15) is 5.78 Å². The Hall–Kier alpha value is -0.630. The molecule has 3 saturated carbocycles. The van der Waals surface area contributed by atoms with E-state index >= 15 is 0 Å². The van der Waals surface area contributed by atoms with Gasteiger partial charge in [0, 0.05) is 17.8 Å². The minimum atomic E-state index is -0.311. The van der Waals surface area contributed by atoms with Gasteiger partial charge >= 0.3 is 0 Å². The first-order chi connectivity index (χ1) is 6.72. The number of hydrogen-bond donors (Lipinski definition) is 1. The molecule has 0 aromatic heterocycles. The van der Waals surface area contributed by atoms with Crippen LogP contribution in [0.25, 0.3) is 0 Å². The predicted octanol–water partition coefficient (Wildman–Crippen LogP) is 1.54. The average Bonchev–Trinajstić information content (AvgIpc) is 2.64. The first-order valence-electron chi connectivity index (χ1n) is 5.54. The molecule has 0 spiro atoms. The molecule has 1 N–H and O–H groups in total. The van der Waals surface area contributed by atoms with Crippen LogP contribution in [-0.4, -0.2) is 17.0 Å². The predicted molar refractivity (Wildman–Crippen MR) is 52.6 cm³/mol. The lowest BCUT2D eigenvalue weighted by molar-refractivity contribution is -0.119. The van der Waals surface area contributed by atoms with Gasteiger partial charge in [0.25, 0.3) is 0 Å². The molecule has 5 atom stereocenters. The van der Waals surface area contributed by atoms with E-state index in [1.807, 2.05) is 0 Å². The fourth-order valence-corrected chi connectivity index (χ4v) is 4.35. The number of carbonyl (C=O) groups excluding carboxylic acids is 1. The first-order valence-corrected chi connectivity index (χ1v) is 5.54. The summed E-state index contributed by atoms with van der Waals surface area (Å²) in [6.07, 6.45) is 5.16. The topological polar surface area (TPSA) is 37.3 Å². The van der Waals surface area contributed by atoms with Gasteiger partial charge in [0.05, 0.1) is 6.10 Å². The smallest absolute Gasteiger partial charge is 0.137 e. The van der Waals surface area contributed by atoms with Crippen molar-refractivity contribution < 1.29 is 9.90 Å². The second kappa shape index (κ2) is 2.48. The van der Waals surface area contributed by atoms with E-state index in [4.69, 9.17) is 0 Å². The SMILES string of the molecule is C=CCC(O)[C@]12[C@@H]3CC[C@H]1[C@H]2C(=O)C3. The maximum Gasteiger partial charge on any atom is 0.137 e. The largest absolute Gasteiger partial charge is 0.392 e. The number of aliphatic hydroxyl groups excluding tert-OH is 1. The van der Waals surface area contributed by atoms with Crippen molar-refractivity contribution in [1.82, 2.24) is 0 Å². The molecule has 0 aromatic carbocycles. The Bertz CT molecular complexity index is 309. The Kier molecular flexibility index (Phi) is 1.54. The molecule has 1 unspecified atom stereocenters. The van der Waals surface area contributed by atoms with Crippen molar-refractivity contribution in [3.63, 3.8) is 0 Å². The molecule has 0 aliphatic heterocycles. The lowest BCUT2D eigenvalue weighted by Gasteiger charge is -2.23. The Morgan fingerprint density at radius 3 is 3.00 bits per heavy atom. The van der Waals surface area contributed by atoms with Crippen LogP contribution in [0.5, 0.6) is 0 Å². The summed E-state index contributed by atoms with van der Waals surface area (Å²) in [6.45, 7) is 3.67. The molecule has 0 radical (unpaired) electrons. The molecule has 0 heterocycles. The number of aliphatic hydroxyl groups is 1. The highest BCUT2D eigenvalue weighted by Crippen LogP contribution is 2.78. The molecule has 0 aromatic rings. The van der Waals surface area contributed by atoms with Crippen molar-refractivity contribution in [2.75, 3.05) is 0 Å². The number of hydrogen-bond acceptors (Lipinski definition) is 2.